The molecular formula is C22H19N3O5S. The molecule has 8 nitrogen and oxygen atoms in total. The normalized spacial score (nSPS) is 14.5. The van der Waals surface area contributed by atoms with Gasteiger partial charge in [-0.2, -0.15) is 0 Å². The molecule has 1 aliphatic heterocycles. The van der Waals surface area contributed by atoms with Crippen LogP contribution in [0.15, 0.2) is 60.8 Å². The molecule has 4 rings (SSSR count). The average Bonchev–Trinajstić information content (AvgIpc) is 2.99. The van der Waals surface area contributed by atoms with Gasteiger partial charge in [0.25, 0.3) is 11.8 Å². The summed E-state index contributed by atoms with van der Waals surface area (Å²) in [6.07, 6.45) is 2.46. The second-order valence-electron chi connectivity index (χ2n) is 7.33. The minimum atomic E-state index is -3.43. The van der Waals surface area contributed by atoms with Crippen LogP contribution in [0.3, 0.4) is 0 Å². The molecule has 158 valence electrons. The molecule has 1 unspecified atom stereocenters. The molecule has 3 amide bonds. The van der Waals surface area contributed by atoms with Crippen molar-refractivity contribution >= 4 is 44.1 Å². The molecule has 0 spiro atoms. The van der Waals surface area contributed by atoms with Gasteiger partial charge < -0.3 is 5.32 Å². The summed E-state index contributed by atoms with van der Waals surface area (Å²) in [6.45, 7) is 0. The fraction of sp³-hybridized carbons (Fsp3) is 0.182. The number of imide groups is 1. The van der Waals surface area contributed by atoms with Gasteiger partial charge in [-0.1, -0.05) is 18.2 Å². The molecule has 2 heterocycles. The third-order valence-corrected chi connectivity index (χ3v) is 6.08. The van der Waals surface area contributed by atoms with Crippen LogP contribution in [0.2, 0.25) is 0 Å². The number of nitrogens with one attached hydrogen (secondary N) is 1. The molecule has 0 aliphatic carbocycles. The number of benzene rings is 2. The number of hydrogen-bond acceptors (Lipinski definition) is 6. The minimum Gasteiger partial charge on any atom is -0.324 e. The summed E-state index contributed by atoms with van der Waals surface area (Å²) in [4.78, 5) is 44.1. The van der Waals surface area contributed by atoms with E-state index in [-0.39, 0.29) is 23.3 Å². The number of carbonyl (C=O) groups excluding carboxylic acids is 3. The lowest BCUT2D eigenvalue weighted by atomic mass is 10.1. The summed E-state index contributed by atoms with van der Waals surface area (Å²) in [6, 6.07) is 13.7. The topological polar surface area (TPSA) is 114 Å². The van der Waals surface area contributed by atoms with E-state index in [2.05, 4.69) is 10.3 Å². The zero-order valence-electron chi connectivity index (χ0n) is 16.6. The van der Waals surface area contributed by atoms with Crippen LogP contribution in [0, 0.1) is 0 Å². The first kappa shape index (κ1) is 20.7. The van der Waals surface area contributed by atoms with Gasteiger partial charge in [-0.05, 0) is 42.8 Å². The highest BCUT2D eigenvalue weighted by Crippen LogP contribution is 2.27. The highest BCUT2D eigenvalue weighted by molar-refractivity contribution is 7.90. The molecular weight excluding hydrogens is 418 g/mol. The Kier molecular flexibility index (Phi) is 5.28. The molecule has 0 bridgehead atoms. The summed E-state index contributed by atoms with van der Waals surface area (Å²) in [7, 11) is -3.43. The summed E-state index contributed by atoms with van der Waals surface area (Å²) >= 11 is 0. The van der Waals surface area contributed by atoms with Crippen LogP contribution < -0.4 is 5.32 Å². The van der Waals surface area contributed by atoms with Crippen molar-refractivity contribution in [3.8, 4) is 0 Å². The van der Waals surface area contributed by atoms with Crippen LogP contribution in [-0.2, 0) is 14.6 Å². The van der Waals surface area contributed by atoms with Crippen molar-refractivity contribution in [2.75, 3.05) is 17.3 Å². The Morgan fingerprint density at radius 3 is 2.32 bits per heavy atom. The third kappa shape index (κ3) is 4.04. The summed E-state index contributed by atoms with van der Waals surface area (Å²) < 4.78 is 23.5. The van der Waals surface area contributed by atoms with E-state index in [1.165, 1.54) is 12.1 Å². The van der Waals surface area contributed by atoms with Crippen LogP contribution in [-0.4, -0.2) is 54.1 Å². The largest absolute Gasteiger partial charge is 0.324 e. The summed E-state index contributed by atoms with van der Waals surface area (Å²) in [5.41, 5.74) is 1.50. The Morgan fingerprint density at radius 2 is 1.68 bits per heavy atom. The second-order valence-corrected chi connectivity index (χ2v) is 9.58. The zero-order valence-corrected chi connectivity index (χ0v) is 17.4. The number of fused-ring (bicyclic) bond motifs is 2. The van der Waals surface area contributed by atoms with Crippen LogP contribution in [0.5, 0.6) is 0 Å². The molecule has 0 saturated heterocycles. The van der Waals surface area contributed by atoms with E-state index in [0.717, 1.165) is 11.2 Å². The van der Waals surface area contributed by atoms with Gasteiger partial charge >= 0.3 is 0 Å². The number of pyridine rings is 1. The van der Waals surface area contributed by atoms with E-state index >= 15 is 0 Å². The highest BCUT2D eigenvalue weighted by atomic mass is 32.2. The number of anilines is 1. The zero-order chi connectivity index (χ0) is 22.2. The summed E-state index contributed by atoms with van der Waals surface area (Å²) in [5, 5.41) is 3.43. The number of hydrogen-bond donors (Lipinski definition) is 1. The molecule has 1 aliphatic rings. The Labute approximate surface area is 178 Å². The minimum absolute atomic E-state index is 0.194. The molecule has 0 saturated carbocycles. The van der Waals surface area contributed by atoms with Gasteiger partial charge in [0.05, 0.1) is 28.1 Å². The molecule has 2 aromatic carbocycles. The predicted molar refractivity (Wildman–Crippen MR) is 115 cm³/mol. The van der Waals surface area contributed by atoms with Gasteiger partial charge in [0.1, 0.15) is 15.9 Å². The number of nitrogens with zero attached hydrogens (tertiary/aromatic N) is 2. The fourth-order valence-electron chi connectivity index (χ4n) is 3.62. The van der Waals surface area contributed by atoms with E-state index in [4.69, 9.17) is 0 Å². The van der Waals surface area contributed by atoms with Crippen molar-refractivity contribution in [2.45, 2.75) is 12.5 Å². The number of amides is 3. The fourth-order valence-corrected chi connectivity index (χ4v) is 4.27. The summed E-state index contributed by atoms with van der Waals surface area (Å²) in [5.74, 6) is -2.23. The molecule has 0 fully saturated rings. The molecule has 3 aromatic rings. The van der Waals surface area contributed by atoms with Gasteiger partial charge in [-0.15, -0.1) is 0 Å². The monoisotopic (exact) mass is 437 g/mol. The quantitative estimate of drug-likeness (QED) is 0.592. The molecule has 1 N–H and O–H groups in total. The van der Waals surface area contributed by atoms with E-state index in [9.17, 15) is 22.8 Å². The van der Waals surface area contributed by atoms with Crippen molar-refractivity contribution in [3.63, 3.8) is 0 Å². The van der Waals surface area contributed by atoms with Gasteiger partial charge in [0.15, 0.2) is 0 Å². The van der Waals surface area contributed by atoms with Crippen LogP contribution in [0.25, 0.3) is 10.9 Å². The smallest absolute Gasteiger partial charge is 0.262 e. The maximum atomic E-state index is 13.2. The third-order valence-electron chi connectivity index (χ3n) is 5.11. The van der Waals surface area contributed by atoms with Crippen molar-refractivity contribution in [2.24, 2.45) is 0 Å². The molecule has 1 atom stereocenters. The molecule has 31 heavy (non-hydrogen) atoms. The predicted octanol–water partition coefficient (Wildman–Crippen LogP) is 2.27. The van der Waals surface area contributed by atoms with Crippen LogP contribution in [0.4, 0.5) is 5.69 Å². The van der Waals surface area contributed by atoms with Gasteiger partial charge in [0.2, 0.25) is 5.91 Å². The van der Waals surface area contributed by atoms with Gasteiger partial charge in [0, 0.05) is 17.8 Å². The molecule has 0 radical (unpaired) electrons. The first-order valence-electron chi connectivity index (χ1n) is 9.55. The lowest BCUT2D eigenvalue weighted by Gasteiger charge is -2.25. The van der Waals surface area contributed by atoms with Crippen LogP contribution >= 0.6 is 0 Å². The second kappa shape index (κ2) is 7.92. The van der Waals surface area contributed by atoms with Gasteiger partial charge in [-0.3, -0.25) is 24.3 Å². The van der Waals surface area contributed by atoms with Crippen molar-refractivity contribution in [1.82, 2.24) is 9.88 Å². The van der Waals surface area contributed by atoms with Crippen molar-refractivity contribution in [1.29, 1.82) is 0 Å². The SMILES string of the molecule is CS(=O)(=O)CCC(C(=O)Nc1cccc2ncccc12)N1C(=O)c2ccccc2C1=O. The number of aromatic nitrogens is 1. The molecule has 9 heteroatoms. The van der Waals surface area contributed by atoms with Gasteiger partial charge in [-0.25, -0.2) is 8.42 Å². The number of rotatable bonds is 6. The average molecular weight is 437 g/mol. The van der Waals surface area contributed by atoms with Crippen LogP contribution in [0.1, 0.15) is 27.1 Å². The maximum absolute atomic E-state index is 13.2. The van der Waals surface area contributed by atoms with Crippen molar-refractivity contribution in [3.05, 3.63) is 71.9 Å². The standard InChI is InChI=1S/C22H19N3O5S/c1-31(29,30)13-11-19(25-21(27)14-6-2-3-7-15(14)22(25)28)20(26)24-18-10-4-9-17-16(18)8-5-12-23-17/h2-10,12,19H,11,13H2,1H3,(H,24,26). The first-order valence-corrected chi connectivity index (χ1v) is 11.6. The Hall–Kier alpha value is -3.59. The molecule has 1 aromatic heterocycles. The van der Waals surface area contributed by atoms with E-state index in [1.54, 1.807) is 48.7 Å². The van der Waals surface area contributed by atoms with Crippen molar-refractivity contribution < 1.29 is 22.8 Å². The Balaban J connectivity index is 1.69. The number of carbonyl (C=O) groups is 3. The Bertz CT molecular complexity index is 1280. The lowest BCUT2D eigenvalue weighted by molar-refractivity contribution is -0.120. The highest BCUT2D eigenvalue weighted by Gasteiger charge is 2.42. The van der Waals surface area contributed by atoms with E-state index in [0.29, 0.717) is 16.6 Å². The first-order chi connectivity index (χ1) is 14.8. The maximum Gasteiger partial charge on any atom is 0.262 e. The lowest BCUT2D eigenvalue weighted by Crippen LogP contribution is -2.48. The Morgan fingerprint density at radius 1 is 1.00 bits per heavy atom. The van der Waals surface area contributed by atoms with E-state index < -0.39 is 33.6 Å². The number of sulfone groups is 1. The van der Waals surface area contributed by atoms with E-state index in [1.807, 2.05) is 0 Å².